The number of nitrogens with zero attached hydrogens (tertiary/aromatic N) is 1. The smallest absolute Gasteiger partial charge is 0.303 e. The van der Waals surface area contributed by atoms with Crippen molar-refractivity contribution in [3.05, 3.63) is 72.3 Å². The number of hydrogen-bond acceptors (Lipinski definition) is 4. The van der Waals surface area contributed by atoms with E-state index in [2.05, 4.69) is 59.5 Å². The van der Waals surface area contributed by atoms with Crippen molar-refractivity contribution in [3.8, 4) is 11.1 Å². The zero-order chi connectivity index (χ0) is 24.5. The predicted molar refractivity (Wildman–Crippen MR) is 139 cm³/mol. The van der Waals surface area contributed by atoms with Gasteiger partial charge in [0.25, 0.3) is 0 Å². The Morgan fingerprint density at radius 1 is 0.943 bits per heavy atom. The standard InChI is InChI=1S/C30H39NO4/c32-27-21-28(35-22-23-15-17-25(18-16-23)24-11-5-3-6-12-24)26(13-7-1-2-8-14-29(33)34)30(27)31-19-9-4-10-20-31/h1-3,5-6,11-12,15-18,26-28,30,32H,4,7-10,13-14,19-22H2,(H,33,34)/t26-,27-,28-,30+/m0/s1. The first-order chi connectivity index (χ1) is 17.1. The molecule has 1 saturated heterocycles. The van der Waals surface area contributed by atoms with Crippen molar-refractivity contribution in [1.29, 1.82) is 0 Å². The Bertz CT molecular complexity index is 937. The molecule has 1 aliphatic heterocycles. The molecule has 1 aliphatic carbocycles. The highest BCUT2D eigenvalue weighted by atomic mass is 16.5. The number of likely N-dealkylation sites (tertiary alicyclic amines) is 1. The van der Waals surface area contributed by atoms with Gasteiger partial charge in [0.2, 0.25) is 0 Å². The number of rotatable bonds is 11. The van der Waals surface area contributed by atoms with Gasteiger partial charge in [-0.25, -0.2) is 0 Å². The van der Waals surface area contributed by atoms with Gasteiger partial charge in [-0.15, -0.1) is 0 Å². The van der Waals surface area contributed by atoms with E-state index in [9.17, 15) is 9.90 Å². The quantitative estimate of drug-likeness (QED) is 0.408. The number of aliphatic hydroxyl groups is 1. The second-order valence-electron chi connectivity index (χ2n) is 9.95. The summed E-state index contributed by atoms with van der Waals surface area (Å²) in [6, 6.07) is 19.1. The monoisotopic (exact) mass is 477 g/mol. The SMILES string of the molecule is O=C(O)CCC=CCC[C@@H]1[C@@H](N2CCCCC2)[C@@H](O)C[C@@H]1OCc1ccc(-c2ccccc2)cc1. The van der Waals surface area contributed by atoms with Crippen LogP contribution in [0, 0.1) is 5.92 Å². The van der Waals surface area contributed by atoms with Crippen molar-refractivity contribution in [2.24, 2.45) is 5.92 Å². The van der Waals surface area contributed by atoms with Gasteiger partial charge in [0.15, 0.2) is 0 Å². The molecule has 4 rings (SSSR count). The number of aliphatic hydroxyl groups excluding tert-OH is 1. The zero-order valence-electron chi connectivity index (χ0n) is 20.6. The topological polar surface area (TPSA) is 70.0 Å². The van der Waals surface area contributed by atoms with Crippen LogP contribution in [0.2, 0.25) is 0 Å². The molecule has 0 unspecified atom stereocenters. The molecular weight excluding hydrogens is 438 g/mol. The van der Waals surface area contributed by atoms with Crippen LogP contribution in [0.3, 0.4) is 0 Å². The lowest BCUT2D eigenvalue weighted by Crippen LogP contribution is -2.47. The minimum atomic E-state index is -0.760. The number of piperidine rings is 1. The van der Waals surface area contributed by atoms with Crippen molar-refractivity contribution in [2.45, 2.75) is 76.2 Å². The molecule has 2 aromatic rings. The van der Waals surface area contributed by atoms with Crippen molar-refractivity contribution < 1.29 is 19.7 Å². The van der Waals surface area contributed by atoms with E-state index in [1.807, 2.05) is 12.1 Å². The first-order valence-electron chi connectivity index (χ1n) is 13.2. The minimum absolute atomic E-state index is 0.0261. The molecule has 0 amide bonds. The maximum atomic E-state index is 11.0. The minimum Gasteiger partial charge on any atom is -0.481 e. The van der Waals surface area contributed by atoms with Crippen LogP contribution in [-0.2, 0) is 16.1 Å². The molecule has 2 fully saturated rings. The summed E-state index contributed by atoms with van der Waals surface area (Å²) in [5.41, 5.74) is 3.55. The Morgan fingerprint density at radius 3 is 2.34 bits per heavy atom. The highest BCUT2D eigenvalue weighted by Gasteiger charge is 2.45. The molecule has 5 heteroatoms. The number of aliphatic carboxylic acids is 1. The molecule has 188 valence electrons. The Kier molecular flexibility index (Phi) is 9.52. The van der Waals surface area contributed by atoms with Gasteiger partial charge >= 0.3 is 5.97 Å². The van der Waals surface area contributed by atoms with Gasteiger partial charge < -0.3 is 14.9 Å². The van der Waals surface area contributed by atoms with E-state index in [4.69, 9.17) is 9.84 Å². The summed E-state index contributed by atoms with van der Waals surface area (Å²) in [5, 5.41) is 19.9. The number of hydrogen-bond donors (Lipinski definition) is 2. The zero-order valence-corrected chi connectivity index (χ0v) is 20.6. The van der Waals surface area contributed by atoms with E-state index in [1.54, 1.807) is 0 Å². The molecule has 0 spiro atoms. The van der Waals surface area contributed by atoms with E-state index >= 15 is 0 Å². The number of carboxylic acids is 1. The van der Waals surface area contributed by atoms with Gasteiger partial charge in [0, 0.05) is 24.8 Å². The summed E-state index contributed by atoms with van der Waals surface area (Å²) >= 11 is 0. The fourth-order valence-electron chi connectivity index (χ4n) is 5.69. The van der Waals surface area contributed by atoms with E-state index in [0.717, 1.165) is 31.5 Å². The fourth-order valence-corrected chi connectivity index (χ4v) is 5.69. The van der Waals surface area contributed by atoms with E-state index in [0.29, 0.717) is 19.4 Å². The lowest BCUT2D eigenvalue weighted by molar-refractivity contribution is -0.136. The van der Waals surface area contributed by atoms with Crippen LogP contribution in [0.25, 0.3) is 11.1 Å². The molecule has 4 atom stereocenters. The molecule has 1 saturated carbocycles. The van der Waals surface area contributed by atoms with Crippen LogP contribution in [0.1, 0.15) is 56.9 Å². The van der Waals surface area contributed by atoms with Crippen LogP contribution in [0.4, 0.5) is 0 Å². The van der Waals surface area contributed by atoms with Crippen molar-refractivity contribution in [1.82, 2.24) is 4.90 Å². The maximum Gasteiger partial charge on any atom is 0.303 e. The molecular formula is C30H39NO4. The average Bonchev–Trinajstić information content (AvgIpc) is 3.20. The largest absolute Gasteiger partial charge is 0.481 e. The third-order valence-corrected chi connectivity index (χ3v) is 7.48. The van der Waals surface area contributed by atoms with Crippen molar-refractivity contribution >= 4 is 5.97 Å². The molecule has 5 nitrogen and oxygen atoms in total. The normalized spacial score (nSPS) is 25.3. The molecule has 35 heavy (non-hydrogen) atoms. The Morgan fingerprint density at radius 2 is 1.63 bits per heavy atom. The number of ether oxygens (including phenoxy) is 1. The Hall–Kier alpha value is -2.47. The fraction of sp³-hybridized carbons (Fsp3) is 0.500. The van der Waals surface area contributed by atoms with Crippen LogP contribution >= 0.6 is 0 Å². The number of carbonyl (C=O) groups is 1. The van der Waals surface area contributed by atoms with Gasteiger partial charge in [0.05, 0.1) is 18.8 Å². The maximum absolute atomic E-state index is 11.0. The van der Waals surface area contributed by atoms with E-state index in [1.165, 1.54) is 30.4 Å². The molecule has 0 bridgehead atoms. The van der Waals surface area contributed by atoms with Gasteiger partial charge in [-0.05, 0) is 61.9 Å². The molecule has 0 aromatic heterocycles. The lowest BCUT2D eigenvalue weighted by atomic mass is 9.92. The van der Waals surface area contributed by atoms with Crippen LogP contribution in [-0.4, -0.2) is 52.4 Å². The van der Waals surface area contributed by atoms with Gasteiger partial charge in [-0.2, -0.15) is 0 Å². The van der Waals surface area contributed by atoms with Crippen molar-refractivity contribution in [2.75, 3.05) is 13.1 Å². The summed E-state index contributed by atoms with van der Waals surface area (Å²) in [5.74, 6) is -0.486. The second kappa shape index (κ2) is 13.0. The number of allylic oxidation sites excluding steroid dienone is 2. The molecule has 2 aliphatic rings. The third-order valence-electron chi connectivity index (χ3n) is 7.48. The summed E-state index contributed by atoms with van der Waals surface area (Å²) in [7, 11) is 0. The average molecular weight is 478 g/mol. The Balaban J connectivity index is 1.37. The highest BCUT2D eigenvalue weighted by molar-refractivity contribution is 5.66. The highest BCUT2D eigenvalue weighted by Crippen LogP contribution is 2.38. The number of carboxylic acid groups (broad SMARTS) is 1. The first-order valence-corrected chi connectivity index (χ1v) is 13.2. The summed E-state index contributed by atoms with van der Waals surface area (Å²) in [6.07, 6.45) is 10.6. The molecule has 0 radical (unpaired) electrons. The summed E-state index contributed by atoms with van der Waals surface area (Å²) in [6.45, 7) is 2.66. The van der Waals surface area contributed by atoms with E-state index < -0.39 is 5.97 Å². The van der Waals surface area contributed by atoms with Gasteiger partial charge in [-0.1, -0.05) is 73.2 Å². The molecule has 2 N–H and O–H groups in total. The molecule has 2 aromatic carbocycles. The van der Waals surface area contributed by atoms with Crippen LogP contribution in [0.15, 0.2) is 66.7 Å². The molecule has 1 heterocycles. The second-order valence-corrected chi connectivity index (χ2v) is 9.95. The van der Waals surface area contributed by atoms with Gasteiger partial charge in [-0.3, -0.25) is 9.69 Å². The summed E-state index contributed by atoms with van der Waals surface area (Å²) in [4.78, 5) is 13.2. The van der Waals surface area contributed by atoms with E-state index in [-0.39, 0.29) is 30.6 Å². The van der Waals surface area contributed by atoms with Crippen LogP contribution in [0.5, 0.6) is 0 Å². The van der Waals surface area contributed by atoms with Crippen molar-refractivity contribution in [3.63, 3.8) is 0 Å². The van der Waals surface area contributed by atoms with Gasteiger partial charge in [0.1, 0.15) is 0 Å². The third kappa shape index (κ3) is 7.26. The first kappa shape index (κ1) is 25.6. The van der Waals surface area contributed by atoms with Crippen LogP contribution < -0.4 is 0 Å². The summed E-state index contributed by atoms with van der Waals surface area (Å²) < 4.78 is 6.46. The lowest BCUT2D eigenvalue weighted by Gasteiger charge is -2.38. The number of benzene rings is 2. The predicted octanol–water partition coefficient (Wildman–Crippen LogP) is 5.68. The Labute approximate surface area is 209 Å².